The third-order valence-corrected chi connectivity index (χ3v) is 3.80. The molecule has 0 radical (unpaired) electrons. The van der Waals surface area contributed by atoms with Crippen molar-refractivity contribution in [2.45, 2.75) is 13.5 Å². The van der Waals surface area contributed by atoms with Crippen LogP contribution >= 0.6 is 0 Å². The Morgan fingerprint density at radius 3 is 2.95 bits per heavy atom. The molecule has 1 saturated heterocycles. The van der Waals surface area contributed by atoms with Gasteiger partial charge in [-0.1, -0.05) is 19.1 Å². The van der Waals surface area contributed by atoms with Gasteiger partial charge in [-0.3, -0.25) is 4.79 Å². The standard InChI is InChI=1S/C14H18N4O/c1-9(10-6-15-7-10)14(19)16-8-13-17-11-4-2-3-5-12(11)18-13/h2-5,9-10,15H,6-8H2,1H3,(H,16,19)(H,17,18). The third-order valence-electron chi connectivity index (χ3n) is 3.80. The molecule has 1 aliphatic heterocycles. The van der Waals surface area contributed by atoms with E-state index in [0.717, 1.165) is 29.9 Å². The number of imidazole rings is 1. The van der Waals surface area contributed by atoms with Gasteiger partial charge in [0.05, 0.1) is 17.6 Å². The number of carbonyl (C=O) groups excluding carboxylic acids is 1. The molecule has 1 atom stereocenters. The van der Waals surface area contributed by atoms with E-state index < -0.39 is 0 Å². The minimum Gasteiger partial charge on any atom is -0.349 e. The predicted molar refractivity (Wildman–Crippen MR) is 73.5 cm³/mol. The molecular weight excluding hydrogens is 240 g/mol. The quantitative estimate of drug-likeness (QED) is 0.767. The van der Waals surface area contributed by atoms with E-state index in [2.05, 4.69) is 20.6 Å². The summed E-state index contributed by atoms with van der Waals surface area (Å²) in [4.78, 5) is 19.6. The fourth-order valence-electron chi connectivity index (χ4n) is 2.30. The first-order chi connectivity index (χ1) is 9.24. The van der Waals surface area contributed by atoms with Crippen molar-refractivity contribution >= 4 is 16.9 Å². The van der Waals surface area contributed by atoms with E-state index in [0.29, 0.717) is 12.5 Å². The van der Waals surface area contributed by atoms with Gasteiger partial charge < -0.3 is 15.6 Å². The predicted octanol–water partition coefficient (Wildman–Crippen LogP) is 1.03. The van der Waals surface area contributed by atoms with Gasteiger partial charge in [-0.25, -0.2) is 4.98 Å². The van der Waals surface area contributed by atoms with E-state index in [9.17, 15) is 4.79 Å². The lowest BCUT2D eigenvalue weighted by Crippen LogP contribution is -2.49. The van der Waals surface area contributed by atoms with Gasteiger partial charge in [0.15, 0.2) is 0 Å². The SMILES string of the molecule is CC(C(=O)NCc1nc2ccccc2[nH]1)C1CNC1. The number of H-pyrrole nitrogens is 1. The molecule has 100 valence electrons. The number of aromatic nitrogens is 2. The van der Waals surface area contributed by atoms with Crippen LogP contribution in [0, 0.1) is 11.8 Å². The van der Waals surface area contributed by atoms with Crippen LogP contribution in [0.5, 0.6) is 0 Å². The summed E-state index contributed by atoms with van der Waals surface area (Å²) >= 11 is 0. The van der Waals surface area contributed by atoms with E-state index in [-0.39, 0.29) is 11.8 Å². The zero-order valence-electron chi connectivity index (χ0n) is 10.9. The van der Waals surface area contributed by atoms with E-state index >= 15 is 0 Å². The number of nitrogens with one attached hydrogen (secondary N) is 3. The normalized spacial score (nSPS) is 17.1. The number of rotatable bonds is 4. The molecule has 3 rings (SSSR count). The van der Waals surface area contributed by atoms with E-state index in [1.54, 1.807) is 0 Å². The molecule has 5 heteroatoms. The average Bonchev–Trinajstić information content (AvgIpc) is 2.76. The van der Waals surface area contributed by atoms with E-state index in [1.165, 1.54) is 0 Å². The highest BCUT2D eigenvalue weighted by Crippen LogP contribution is 2.16. The van der Waals surface area contributed by atoms with Crippen LogP contribution in [0.3, 0.4) is 0 Å². The highest BCUT2D eigenvalue weighted by Gasteiger charge is 2.28. The molecule has 19 heavy (non-hydrogen) atoms. The topological polar surface area (TPSA) is 69.8 Å². The van der Waals surface area contributed by atoms with Crippen LogP contribution in [-0.2, 0) is 11.3 Å². The van der Waals surface area contributed by atoms with Crippen LogP contribution in [0.25, 0.3) is 11.0 Å². The number of fused-ring (bicyclic) bond motifs is 1. The Hall–Kier alpha value is -1.88. The summed E-state index contributed by atoms with van der Waals surface area (Å²) in [5.74, 6) is 1.43. The molecule has 5 nitrogen and oxygen atoms in total. The summed E-state index contributed by atoms with van der Waals surface area (Å²) in [6.07, 6.45) is 0. The Bertz CT molecular complexity index is 555. The Labute approximate surface area is 111 Å². The number of aromatic amines is 1. The first kappa shape index (κ1) is 12.2. The average molecular weight is 258 g/mol. The zero-order chi connectivity index (χ0) is 13.2. The second-order valence-electron chi connectivity index (χ2n) is 5.13. The molecule has 2 aromatic rings. The maximum atomic E-state index is 12.0. The summed E-state index contributed by atoms with van der Waals surface area (Å²) in [6, 6.07) is 7.86. The van der Waals surface area contributed by atoms with Crippen LogP contribution in [0.15, 0.2) is 24.3 Å². The van der Waals surface area contributed by atoms with E-state index in [1.807, 2.05) is 31.2 Å². The highest BCUT2D eigenvalue weighted by atomic mass is 16.1. The molecule has 0 spiro atoms. The number of carbonyl (C=O) groups is 1. The number of amides is 1. The molecule has 1 amide bonds. The minimum absolute atomic E-state index is 0.0608. The van der Waals surface area contributed by atoms with Gasteiger partial charge in [0.25, 0.3) is 0 Å². The smallest absolute Gasteiger partial charge is 0.223 e. The summed E-state index contributed by atoms with van der Waals surface area (Å²) in [5.41, 5.74) is 1.94. The second-order valence-corrected chi connectivity index (χ2v) is 5.13. The molecule has 1 aromatic heterocycles. The summed E-state index contributed by atoms with van der Waals surface area (Å²) in [6.45, 7) is 4.33. The molecule has 3 N–H and O–H groups in total. The van der Waals surface area contributed by atoms with Gasteiger partial charge in [0.2, 0.25) is 5.91 Å². The van der Waals surface area contributed by atoms with E-state index in [4.69, 9.17) is 0 Å². The van der Waals surface area contributed by atoms with Crippen LogP contribution in [0.4, 0.5) is 0 Å². The third kappa shape index (κ3) is 2.46. The van der Waals surface area contributed by atoms with Gasteiger partial charge in [0.1, 0.15) is 5.82 Å². The molecule has 1 aromatic carbocycles. The molecular formula is C14H18N4O. The summed E-state index contributed by atoms with van der Waals surface area (Å²) in [5, 5.41) is 6.14. The maximum Gasteiger partial charge on any atom is 0.223 e. The fourth-order valence-corrected chi connectivity index (χ4v) is 2.30. The Kier molecular flexibility index (Phi) is 3.21. The first-order valence-corrected chi connectivity index (χ1v) is 6.66. The van der Waals surface area contributed by atoms with Gasteiger partial charge in [0, 0.05) is 5.92 Å². The van der Waals surface area contributed by atoms with Crippen molar-refractivity contribution in [3.05, 3.63) is 30.1 Å². The van der Waals surface area contributed by atoms with Crippen molar-refractivity contribution in [1.82, 2.24) is 20.6 Å². The Balaban J connectivity index is 1.60. The number of hydrogen-bond donors (Lipinski definition) is 3. The lowest BCUT2D eigenvalue weighted by Gasteiger charge is -2.31. The molecule has 1 fully saturated rings. The molecule has 0 bridgehead atoms. The second kappa shape index (κ2) is 5.01. The maximum absolute atomic E-state index is 12.0. The van der Waals surface area contributed by atoms with Crippen LogP contribution in [-0.4, -0.2) is 29.0 Å². The molecule has 1 aliphatic rings. The molecule has 0 saturated carbocycles. The van der Waals surface area contributed by atoms with Gasteiger partial charge >= 0.3 is 0 Å². The molecule has 0 aliphatic carbocycles. The lowest BCUT2D eigenvalue weighted by atomic mass is 9.88. The van der Waals surface area contributed by atoms with Crippen molar-refractivity contribution in [3.8, 4) is 0 Å². The summed E-state index contributed by atoms with van der Waals surface area (Å²) < 4.78 is 0. The Morgan fingerprint density at radius 2 is 2.26 bits per heavy atom. The fraction of sp³-hybridized carbons (Fsp3) is 0.429. The summed E-state index contributed by atoms with van der Waals surface area (Å²) in [7, 11) is 0. The molecule has 1 unspecified atom stereocenters. The van der Waals surface area contributed by atoms with Gasteiger partial charge in [-0.05, 0) is 31.1 Å². The number of nitrogens with zero attached hydrogens (tertiary/aromatic N) is 1. The van der Waals surface area contributed by atoms with Crippen molar-refractivity contribution in [1.29, 1.82) is 0 Å². The van der Waals surface area contributed by atoms with Crippen LogP contribution in [0.1, 0.15) is 12.7 Å². The lowest BCUT2D eigenvalue weighted by molar-refractivity contribution is -0.126. The highest BCUT2D eigenvalue weighted by molar-refractivity contribution is 5.79. The van der Waals surface area contributed by atoms with Gasteiger partial charge in [-0.2, -0.15) is 0 Å². The van der Waals surface area contributed by atoms with Crippen LogP contribution in [0.2, 0.25) is 0 Å². The molecule has 2 heterocycles. The zero-order valence-corrected chi connectivity index (χ0v) is 10.9. The minimum atomic E-state index is 0.0608. The first-order valence-electron chi connectivity index (χ1n) is 6.66. The van der Waals surface area contributed by atoms with Crippen molar-refractivity contribution < 1.29 is 4.79 Å². The largest absolute Gasteiger partial charge is 0.349 e. The number of benzene rings is 1. The van der Waals surface area contributed by atoms with Crippen molar-refractivity contribution in [3.63, 3.8) is 0 Å². The van der Waals surface area contributed by atoms with Crippen LogP contribution < -0.4 is 10.6 Å². The monoisotopic (exact) mass is 258 g/mol. The van der Waals surface area contributed by atoms with Crippen molar-refractivity contribution in [2.75, 3.05) is 13.1 Å². The van der Waals surface area contributed by atoms with Crippen molar-refractivity contribution in [2.24, 2.45) is 11.8 Å². The Morgan fingerprint density at radius 1 is 1.47 bits per heavy atom. The number of hydrogen-bond acceptors (Lipinski definition) is 3. The van der Waals surface area contributed by atoms with Gasteiger partial charge in [-0.15, -0.1) is 0 Å². The number of para-hydroxylation sites is 2.